The Labute approximate surface area is 115 Å². The highest BCUT2D eigenvalue weighted by atomic mass is 35.5. The summed E-state index contributed by atoms with van der Waals surface area (Å²) in [6, 6.07) is 4.89. The Morgan fingerprint density at radius 3 is 2.83 bits per heavy atom. The van der Waals surface area contributed by atoms with Crippen LogP contribution in [0.15, 0.2) is 30.4 Å². The van der Waals surface area contributed by atoms with Crippen molar-refractivity contribution >= 4 is 29.1 Å². The first-order valence-corrected chi connectivity index (χ1v) is 6.41. The van der Waals surface area contributed by atoms with Crippen LogP contribution in [0.3, 0.4) is 0 Å². The number of aliphatic hydroxyl groups excluding tert-OH is 1. The van der Waals surface area contributed by atoms with E-state index in [0.29, 0.717) is 17.0 Å². The van der Waals surface area contributed by atoms with E-state index >= 15 is 0 Å². The van der Waals surface area contributed by atoms with Crippen molar-refractivity contribution in [2.24, 2.45) is 5.92 Å². The van der Waals surface area contributed by atoms with Crippen molar-refractivity contribution in [3.8, 4) is 0 Å². The van der Waals surface area contributed by atoms with Gasteiger partial charge in [0.15, 0.2) is 0 Å². The third-order valence-electron chi connectivity index (χ3n) is 2.92. The quantitative estimate of drug-likeness (QED) is 0.839. The molecule has 1 aromatic carbocycles. The summed E-state index contributed by atoms with van der Waals surface area (Å²) >= 11 is 11.8. The number of halogens is 2. The topological polar surface area (TPSA) is 49.3 Å². The van der Waals surface area contributed by atoms with Gasteiger partial charge < -0.3 is 10.4 Å². The maximum Gasteiger partial charge on any atom is 0.253 e. The fourth-order valence-corrected chi connectivity index (χ4v) is 2.33. The summed E-state index contributed by atoms with van der Waals surface area (Å²) in [4.78, 5) is 12.0. The van der Waals surface area contributed by atoms with E-state index < -0.39 is 0 Å². The summed E-state index contributed by atoms with van der Waals surface area (Å²) < 4.78 is 0. The maximum absolute atomic E-state index is 12.0. The second-order valence-corrected chi connectivity index (χ2v) is 5.03. The number of hydrogen-bond donors (Lipinski definition) is 2. The van der Waals surface area contributed by atoms with Gasteiger partial charge in [0.1, 0.15) is 0 Å². The third kappa shape index (κ3) is 2.86. The summed E-state index contributed by atoms with van der Waals surface area (Å²) in [5, 5.41) is 12.5. The fourth-order valence-electron chi connectivity index (χ4n) is 1.94. The van der Waals surface area contributed by atoms with Gasteiger partial charge in [-0.05, 0) is 18.6 Å². The van der Waals surface area contributed by atoms with Crippen LogP contribution in [0.4, 0.5) is 0 Å². The molecule has 2 N–H and O–H groups in total. The van der Waals surface area contributed by atoms with Crippen LogP contribution in [0.25, 0.3) is 0 Å². The Hall–Kier alpha value is -1.03. The number of amides is 1. The predicted octanol–water partition coefficient (Wildman–Crippen LogP) is 2.66. The van der Waals surface area contributed by atoms with Crippen molar-refractivity contribution < 1.29 is 9.90 Å². The molecule has 2 atom stereocenters. The Morgan fingerprint density at radius 2 is 2.17 bits per heavy atom. The second kappa shape index (κ2) is 5.74. The van der Waals surface area contributed by atoms with Crippen molar-refractivity contribution in [1.29, 1.82) is 0 Å². The smallest absolute Gasteiger partial charge is 0.253 e. The van der Waals surface area contributed by atoms with E-state index in [2.05, 4.69) is 5.32 Å². The molecule has 5 heteroatoms. The van der Waals surface area contributed by atoms with Crippen LogP contribution in [0.1, 0.15) is 16.8 Å². The van der Waals surface area contributed by atoms with Crippen LogP contribution in [0, 0.1) is 5.92 Å². The molecule has 0 heterocycles. The highest BCUT2D eigenvalue weighted by Gasteiger charge is 2.21. The highest BCUT2D eigenvalue weighted by Crippen LogP contribution is 2.26. The number of carbonyl (C=O) groups excluding carboxylic acids is 1. The average Bonchev–Trinajstić information content (AvgIpc) is 2.80. The van der Waals surface area contributed by atoms with Crippen molar-refractivity contribution in [3.63, 3.8) is 0 Å². The summed E-state index contributed by atoms with van der Waals surface area (Å²) in [7, 11) is 0. The van der Waals surface area contributed by atoms with Gasteiger partial charge in [0.05, 0.1) is 15.6 Å². The lowest BCUT2D eigenvalue weighted by Gasteiger charge is -2.13. The molecular weight excluding hydrogens is 273 g/mol. The number of carbonyl (C=O) groups is 1. The molecule has 0 bridgehead atoms. The summed E-state index contributed by atoms with van der Waals surface area (Å²) in [6.45, 7) is 0.0980. The normalized spacial score (nSPS) is 22.2. The van der Waals surface area contributed by atoms with Crippen LogP contribution in [0.5, 0.6) is 0 Å². The minimum atomic E-state index is -0.254. The maximum atomic E-state index is 12.0. The zero-order chi connectivity index (χ0) is 13.1. The van der Waals surface area contributed by atoms with E-state index in [1.165, 1.54) is 0 Å². The number of benzene rings is 1. The van der Waals surface area contributed by atoms with Crippen molar-refractivity contribution in [2.75, 3.05) is 6.61 Å². The van der Waals surface area contributed by atoms with E-state index in [-0.39, 0.29) is 29.5 Å². The zero-order valence-corrected chi connectivity index (χ0v) is 11.1. The zero-order valence-electron chi connectivity index (χ0n) is 9.57. The third-order valence-corrected chi connectivity index (χ3v) is 3.74. The van der Waals surface area contributed by atoms with E-state index in [4.69, 9.17) is 28.3 Å². The molecule has 1 aliphatic carbocycles. The molecule has 0 saturated carbocycles. The molecule has 0 aliphatic heterocycles. The molecule has 2 rings (SSSR count). The lowest BCUT2D eigenvalue weighted by molar-refractivity contribution is 0.0941. The second-order valence-electron chi connectivity index (χ2n) is 4.24. The Kier molecular flexibility index (Phi) is 4.27. The number of aliphatic hydroxyl groups is 1. The van der Waals surface area contributed by atoms with Gasteiger partial charge in [-0.3, -0.25) is 4.79 Å². The Bertz CT molecular complexity index is 488. The monoisotopic (exact) mass is 285 g/mol. The number of rotatable bonds is 3. The lowest BCUT2D eigenvalue weighted by atomic mass is 10.1. The highest BCUT2D eigenvalue weighted by molar-refractivity contribution is 6.43. The van der Waals surface area contributed by atoms with E-state index in [0.717, 1.165) is 0 Å². The van der Waals surface area contributed by atoms with Gasteiger partial charge in [-0.25, -0.2) is 0 Å². The van der Waals surface area contributed by atoms with E-state index in [9.17, 15) is 4.79 Å². The van der Waals surface area contributed by atoms with Gasteiger partial charge in [0.2, 0.25) is 0 Å². The Balaban J connectivity index is 2.05. The van der Waals surface area contributed by atoms with Gasteiger partial charge in [-0.2, -0.15) is 0 Å². The van der Waals surface area contributed by atoms with Crippen molar-refractivity contribution in [2.45, 2.75) is 12.5 Å². The standard InChI is InChI=1S/C13H13Cl2NO2/c14-11-3-1-2-10(12(11)15)13(18)16-9-5-4-8(6-9)7-17/h1-5,8-9,17H,6-7H2,(H,16,18)/t8-,9+/m0/s1. The SMILES string of the molecule is O=C(N[C@@H]1C=C[C@H](CO)C1)c1cccc(Cl)c1Cl. The van der Waals surface area contributed by atoms with Gasteiger partial charge >= 0.3 is 0 Å². The predicted molar refractivity (Wildman–Crippen MR) is 72.0 cm³/mol. The van der Waals surface area contributed by atoms with Crippen molar-refractivity contribution in [3.05, 3.63) is 46.0 Å². The van der Waals surface area contributed by atoms with Gasteiger partial charge in [0, 0.05) is 18.6 Å². The fraction of sp³-hybridized carbons (Fsp3) is 0.308. The van der Waals surface area contributed by atoms with Crippen LogP contribution in [0.2, 0.25) is 10.0 Å². The number of hydrogen-bond acceptors (Lipinski definition) is 2. The number of nitrogens with one attached hydrogen (secondary N) is 1. The first-order valence-electron chi connectivity index (χ1n) is 5.66. The van der Waals surface area contributed by atoms with E-state index in [1.54, 1.807) is 18.2 Å². The van der Waals surface area contributed by atoms with Crippen molar-refractivity contribution in [1.82, 2.24) is 5.32 Å². The first-order chi connectivity index (χ1) is 8.61. The molecule has 0 fully saturated rings. The molecule has 18 heavy (non-hydrogen) atoms. The first kappa shape index (κ1) is 13.4. The van der Waals surface area contributed by atoms with Crippen LogP contribution in [-0.2, 0) is 0 Å². The van der Waals surface area contributed by atoms with Crippen LogP contribution < -0.4 is 5.32 Å². The van der Waals surface area contributed by atoms with Gasteiger partial charge in [0.25, 0.3) is 5.91 Å². The minimum absolute atomic E-state index is 0.0651. The summed E-state index contributed by atoms with van der Waals surface area (Å²) in [6.07, 6.45) is 4.50. The molecule has 3 nitrogen and oxygen atoms in total. The molecule has 96 valence electrons. The molecule has 0 unspecified atom stereocenters. The molecule has 0 aromatic heterocycles. The summed E-state index contributed by atoms with van der Waals surface area (Å²) in [5.74, 6) is -0.138. The van der Waals surface area contributed by atoms with Crippen LogP contribution in [-0.4, -0.2) is 23.7 Å². The largest absolute Gasteiger partial charge is 0.396 e. The molecule has 0 spiro atoms. The molecular formula is C13H13Cl2NO2. The molecule has 1 amide bonds. The minimum Gasteiger partial charge on any atom is -0.396 e. The van der Waals surface area contributed by atoms with Crippen LogP contribution >= 0.6 is 23.2 Å². The molecule has 1 aromatic rings. The Morgan fingerprint density at radius 1 is 1.39 bits per heavy atom. The molecule has 1 aliphatic rings. The average molecular weight is 286 g/mol. The molecule has 0 saturated heterocycles. The lowest BCUT2D eigenvalue weighted by Crippen LogP contribution is -2.33. The molecule has 0 radical (unpaired) electrons. The van der Waals surface area contributed by atoms with Gasteiger partial charge in [-0.1, -0.05) is 41.4 Å². The summed E-state index contributed by atoms with van der Waals surface area (Å²) in [5.41, 5.74) is 0.366. The van der Waals surface area contributed by atoms with E-state index in [1.807, 2.05) is 12.2 Å². The van der Waals surface area contributed by atoms with Gasteiger partial charge in [-0.15, -0.1) is 0 Å².